The maximum Gasteiger partial charge on any atom is 0.0827 e. The van der Waals surface area contributed by atoms with Gasteiger partial charge in [0, 0.05) is 26.2 Å². The molecule has 1 aromatic carbocycles. The molecule has 0 aromatic heterocycles. The molecule has 3 atom stereocenters. The number of benzene rings is 1. The number of methoxy groups -OCH3 is 1. The first-order valence-corrected chi connectivity index (χ1v) is 7.56. The van der Waals surface area contributed by atoms with Gasteiger partial charge in [0.2, 0.25) is 0 Å². The first-order valence-electron chi connectivity index (χ1n) is 7.56. The molecule has 1 aromatic rings. The lowest BCUT2D eigenvalue weighted by molar-refractivity contribution is 0.0602. The molecule has 0 fully saturated rings. The minimum atomic E-state index is -0.412. The van der Waals surface area contributed by atoms with Crippen molar-refractivity contribution < 1.29 is 9.84 Å². The number of hydrogen-bond donors (Lipinski definition) is 1. The predicted molar refractivity (Wildman–Crippen MR) is 83.8 cm³/mol. The molecule has 1 N–H and O–H groups in total. The monoisotopic (exact) mass is 279 g/mol. The van der Waals surface area contributed by atoms with Crippen LogP contribution in [0.2, 0.25) is 0 Å². The van der Waals surface area contributed by atoms with Gasteiger partial charge < -0.3 is 9.84 Å². The van der Waals surface area contributed by atoms with Gasteiger partial charge in [-0.15, -0.1) is 0 Å². The predicted octanol–water partition coefficient (Wildman–Crippen LogP) is 3.10. The Morgan fingerprint density at radius 2 is 1.85 bits per heavy atom. The highest BCUT2D eigenvalue weighted by atomic mass is 16.5. The van der Waals surface area contributed by atoms with Crippen molar-refractivity contribution >= 4 is 0 Å². The van der Waals surface area contributed by atoms with Crippen molar-refractivity contribution in [2.24, 2.45) is 5.92 Å². The standard InChI is InChI=1S/C17H29NO2/c1-5-15(3)18(11-12-20-4)13-14(2)17(19)16-9-7-6-8-10-16/h6-10,14-15,17,19H,5,11-13H2,1-4H3. The molecule has 3 heteroatoms. The Morgan fingerprint density at radius 1 is 1.20 bits per heavy atom. The Morgan fingerprint density at radius 3 is 2.40 bits per heavy atom. The zero-order chi connectivity index (χ0) is 15.0. The molecule has 20 heavy (non-hydrogen) atoms. The van der Waals surface area contributed by atoms with Crippen LogP contribution >= 0.6 is 0 Å². The van der Waals surface area contributed by atoms with Gasteiger partial charge in [-0.05, 0) is 24.8 Å². The van der Waals surface area contributed by atoms with Crippen molar-refractivity contribution in [2.45, 2.75) is 39.3 Å². The van der Waals surface area contributed by atoms with Crippen LogP contribution in [0.4, 0.5) is 0 Å². The molecule has 1 rings (SSSR count). The number of aliphatic hydroxyl groups excluding tert-OH is 1. The van der Waals surface area contributed by atoms with Crippen LogP contribution in [-0.2, 0) is 4.74 Å². The van der Waals surface area contributed by atoms with Gasteiger partial charge in [-0.3, -0.25) is 4.90 Å². The maximum atomic E-state index is 10.5. The summed E-state index contributed by atoms with van der Waals surface area (Å²) < 4.78 is 5.19. The third-order valence-electron chi connectivity index (χ3n) is 4.00. The van der Waals surface area contributed by atoms with E-state index in [-0.39, 0.29) is 5.92 Å². The van der Waals surface area contributed by atoms with Crippen LogP contribution in [0, 0.1) is 5.92 Å². The Hall–Kier alpha value is -0.900. The third-order valence-corrected chi connectivity index (χ3v) is 4.00. The van der Waals surface area contributed by atoms with E-state index in [1.807, 2.05) is 30.3 Å². The van der Waals surface area contributed by atoms with Gasteiger partial charge >= 0.3 is 0 Å². The number of hydrogen-bond acceptors (Lipinski definition) is 3. The molecule has 0 saturated carbocycles. The first-order chi connectivity index (χ1) is 9.60. The average Bonchev–Trinajstić information content (AvgIpc) is 2.50. The lowest BCUT2D eigenvalue weighted by atomic mass is 9.96. The fourth-order valence-electron chi connectivity index (χ4n) is 2.41. The average molecular weight is 279 g/mol. The van der Waals surface area contributed by atoms with Gasteiger partial charge in [0.05, 0.1) is 12.7 Å². The molecule has 0 heterocycles. The molecule has 114 valence electrons. The molecule has 0 saturated heterocycles. The third kappa shape index (κ3) is 5.23. The van der Waals surface area contributed by atoms with Crippen LogP contribution < -0.4 is 0 Å². The molecular formula is C17H29NO2. The van der Waals surface area contributed by atoms with Gasteiger partial charge in [-0.2, -0.15) is 0 Å². The number of nitrogens with zero attached hydrogens (tertiary/aromatic N) is 1. The zero-order valence-electron chi connectivity index (χ0n) is 13.2. The first kappa shape index (κ1) is 17.2. The zero-order valence-corrected chi connectivity index (χ0v) is 13.2. The summed E-state index contributed by atoms with van der Waals surface area (Å²) in [4.78, 5) is 2.40. The maximum absolute atomic E-state index is 10.5. The van der Waals surface area contributed by atoms with E-state index in [0.29, 0.717) is 6.04 Å². The van der Waals surface area contributed by atoms with Gasteiger partial charge in [-0.25, -0.2) is 0 Å². The number of ether oxygens (including phenoxy) is 1. The molecule has 3 unspecified atom stereocenters. The van der Waals surface area contributed by atoms with Crippen molar-refractivity contribution in [1.82, 2.24) is 4.90 Å². The largest absolute Gasteiger partial charge is 0.388 e. The fraction of sp³-hybridized carbons (Fsp3) is 0.647. The van der Waals surface area contributed by atoms with E-state index in [0.717, 1.165) is 31.7 Å². The molecule has 0 aliphatic carbocycles. The van der Waals surface area contributed by atoms with E-state index < -0.39 is 6.10 Å². The van der Waals surface area contributed by atoms with Crippen LogP contribution in [0.15, 0.2) is 30.3 Å². The van der Waals surface area contributed by atoms with Crippen LogP contribution in [-0.4, -0.2) is 42.9 Å². The Bertz CT molecular complexity index is 355. The normalized spacial score (nSPS) is 16.1. The summed E-state index contributed by atoms with van der Waals surface area (Å²) in [5, 5.41) is 10.5. The van der Waals surface area contributed by atoms with Crippen LogP contribution in [0.3, 0.4) is 0 Å². The fourth-order valence-corrected chi connectivity index (χ4v) is 2.41. The number of rotatable bonds is 9. The lowest BCUT2D eigenvalue weighted by Gasteiger charge is -2.32. The summed E-state index contributed by atoms with van der Waals surface area (Å²) >= 11 is 0. The van der Waals surface area contributed by atoms with Gasteiger partial charge in [0.25, 0.3) is 0 Å². The summed E-state index contributed by atoms with van der Waals surface area (Å²) in [5.41, 5.74) is 0.996. The molecule has 0 amide bonds. The van der Waals surface area contributed by atoms with E-state index in [4.69, 9.17) is 4.74 Å². The summed E-state index contributed by atoms with van der Waals surface area (Å²) in [6, 6.07) is 10.4. The number of aliphatic hydroxyl groups is 1. The van der Waals surface area contributed by atoms with Crippen LogP contribution in [0.1, 0.15) is 38.9 Å². The highest BCUT2D eigenvalue weighted by molar-refractivity contribution is 5.17. The minimum absolute atomic E-state index is 0.197. The van der Waals surface area contributed by atoms with E-state index in [2.05, 4.69) is 25.7 Å². The molecule has 3 nitrogen and oxygen atoms in total. The molecule has 0 aliphatic rings. The van der Waals surface area contributed by atoms with E-state index in [9.17, 15) is 5.11 Å². The molecule has 0 radical (unpaired) electrons. The van der Waals surface area contributed by atoms with Gasteiger partial charge in [0.1, 0.15) is 0 Å². The summed E-state index contributed by atoms with van der Waals surface area (Å²) in [7, 11) is 1.73. The molecule has 0 bridgehead atoms. The topological polar surface area (TPSA) is 32.7 Å². The second-order valence-electron chi connectivity index (χ2n) is 5.58. The van der Waals surface area contributed by atoms with Gasteiger partial charge in [0.15, 0.2) is 0 Å². The van der Waals surface area contributed by atoms with Crippen molar-refractivity contribution in [3.05, 3.63) is 35.9 Å². The quantitative estimate of drug-likeness (QED) is 0.754. The summed E-state index contributed by atoms with van der Waals surface area (Å²) in [6.45, 7) is 9.07. The van der Waals surface area contributed by atoms with E-state index in [1.165, 1.54) is 0 Å². The smallest absolute Gasteiger partial charge is 0.0827 e. The minimum Gasteiger partial charge on any atom is -0.388 e. The molecule has 0 aliphatic heterocycles. The second-order valence-corrected chi connectivity index (χ2v) is 5.58. The summed E-state index contributed by atoms with van der Waals surface area (Å²) in [6.07, 6.45) is 0.697. The Balaban J connectivity index is 2.62. The highest BCUT2D eigenvalue weighted by Crippen LogP contribution is 2.23. The molecule has 0 spiro atoms. The van der Waals surface area contributed by atoms with Gasteiger partial charge in [-0.1, -0.05) is 44.2 Å². The lowest BCUT2D eigenvalue weighted by Crippen LogP contribution is -2.39. The van der Waals surface area contributed by atoms with Crippen molar-refractivity contribution in [2.75, 3.05) is 26.8 Å². The van der Waals surface area contributed by atoms with Crippen molar-refractivity contribution in [3.8, 4) is 0 Å². The summed E-state index contributed by atoms with van der Waals surface area (Å²) in [5.74, 6) is 0.197. The second kappa shape index (κ2) is 9.11. The van der Waals surface area contributed by atoms with Crippen LogP contribution in [0.25, 0.3) is 0 Å². The SMILES string of the molecule is CCC(C)N(CCOC)CC(C)C(O)c1ccccc1. The van der Waals surface area contributed by atoms with E-state index >= 15 is 0 Å². The molecular weight excluding hydrogens is 250 g/mol. The van der Waals surface area contributed by atoms with Crippen molar-refractivity contribution in [1.29, 1.82) is 0 Å². The Labute approximate surface area is 123 Å². The Kier molecular flexibility index (Phi) is 7.82. The van der Waals surface area contributed by atoms with Crippen molar-refractivity contribution in [3.63, 3.8) is 0 Å². The highest BCUT2D eigenvalue weighted by Gasteiger charge is 2.21. The van der Waals surface area contributed by atoms with Crippen LogP contribution in [0.5, 0.6) is 0 Å². The van der Waals surface area contributed by atoms with E-state index in [1.54, 1.807) is 7.11 Å².